The van der Waals surface area contributed by atoms with E-state index in [9.17, 15) is 4.79 Å². The van der Waals surface area contributed by atoms with E-state index in [0.29, 0.717) is 23.2 Å². The number of nitrogens with zero attached hydrogens (tertiary/aromatic N) is 2. The zero-order valence-corrected chi connectivity index (χ0v) is 12.9. The largest absolute Gasteiger partial charge is 0.397 e. The van der Waals surface area contributed by atoms with Crippen molar-refractivity contribution in [2.45, 2.75) is 25.8 Å². The number of thiophene rings is 1. The van der Waals surface area contributed by atoms with Gasteiger partial charge in [0, 0.05) is 30.4 Å². The topological polar surface area (TPSA) is 71.2 Å². The van der Waals surface area contributed by atoms with Crippen LogP contribution in [0, 0.1) is 0 Å². The summed E-state index contributed by atoms with van der Waals surface area (Å²) in [4.78, 5) is 19.4. The number of hydrogen-bond acceptors (Lipinski definition) is 5. The molecule has 112 valence electrons. The molecule has 0 aromatic carbocycles. The lowest BCUT2D eigenvalue weighted by Crippen LogP contribution is -2.40. The molecule has 1 aliphatic rings. The SMILES string of the molecule is CC(CNC(=O)c1sc2cnccc2c1N)N1CCCC1. The number of nitrogens with two attached hydrogens (primary N) is 1. The molecule has 0 spiro atoms. The maximum absolute atomic E-state index is 12.3. The summed E-state index contributed by atoms with van der Waals surface area (Å²) in [5.41, 5.74) is 6.64. The quantitative estimate of drug-likeness (QED) is 0.907. The molecule has 1 fully saturated rings. The van der Waals surface area contributed by atoms with Crippen molar-refractivity contribution >= 4 is 33.0 Å². The van der Waals surface area contributed by atoms with E-state index in [4.69, 9.17) is 5.73 Å². The summed E-state index contributed by atoms with van der Waals surface area (Å²) in [5.74, 6) is -0.0836. The molecule has 21 heavy (non-hydrogen) atoms. The molecule has 0 radical (unpaired) electrons. The Balaban J connectivity index is 1.68. The number of likely N-dealkylation sites (tertiary alicyclic amines) is 1. The summed E-state index contributed by atoms with van der Waals surface area (Å²) in [5, 5.41) is 3.92. The van der Waals surface area contributed by atoms with Gasteiger partial charge in [-0.15, -0.1) is 11.3 Å². The molecule has 2 aromatic rings. The lowest BCUT2D eigenvalue weighted by Gasteiger charge is -2.23. The summed E-state index contributed by atoms with van der Waals surface area (Å²) >= 11 is 1.40. The summed E-state index contributed by atoms with van der Waals surface area (Å²) < 4.78 is 0.952. The van der Waals surface area contributed by atoms with Crippen LogP contribution in [0.25, 0.3) is 10.1 Å². The first-order valence-electron chi connectivity index (χ1n) is 7.31. The summed E-state index contributed by atoms with van der Waals surface area (Å²) in [6.07, 6.45) is 5.96. The molecular weight excluding hydrogens is 284 g/mol. The van der Waals surface area contributed by atoms with Gasteiger partial charge in [-0.1, -0.05) is 0 Å². The van der Waals surface area contributed by atoms with E-state index >= 15 is 0 Å². The van der Waals surface area contributed by atoms with Crippen LogP contribution in [0.2, 0.25) is 0 Å². The van der Waals surface area contributed by atoms with Crippen molar-refractivity contribution in [2.24, 2.45) is 0 Å². The molecule has 3 heterocycles. The van der Waals surface area contributed by atoms with Crippen LogP contribution in [0.3, 0.4) is 0 Å². The van der Waals surface area contributed by atoms with Gasteiger partial charge >= 0.3 is 0 Å². The molecule has 1 saturated heterocycles. The third-order valence-corrected chi connectivity index (χ3v) is 5.21. The van der Waals surface area contributed by atoms with Crippen LogP contribution in [0.1, 0.15) is 29.4 Å². The van der Waals surface area contributed by atoms with Gasteiger partial charge in [-0.25, -0.2) is 0 Å². The Morgan fingerprint density at radius 1 is 1.52 bits per heavy atom. The maximum atomic E-state index is 12.3. The summed E-state index contributed by atoms with van der Waals surface area (Å²) in [7, 11) is 0. The Bertz CT molecular complexity index is 648. The molecule has 0 bridgehead atoms. The van der Waals surface area contributed by atoms with Crippen molar-refractivity contribution in [2.75, 3.05) is 25.4 Å². The maximum Gasteiger partial charge on any atom is 0.263 e. The molecule has 0 aliphatic carbocycles. The Morgan fingerprint density at radius 2 is 2.29 bits per heavy atom. The standard InChI is InChI=1S/C15H20N4OS/c1-10(19-6-2-3-7-19)8-18-15(20)14-13(16)11-4-5-17-9-12(11)21-14/h4-5,9-10H,2-3,6-8,16H2,1H3,(H,18,20). The van der Waals surface area contributed by atoms with Crippen LogP contribution in [-0.4, -0.2) is 41.5 Å². The van der Waals surface area contributed by atoms with Crippen LogP contribution in [0.4, 0.5) is 5.69 Å². The molecule has 3 N–H and O–H groups in total. The predicted molar refractivity (Wildman–Crippen MR) is 86.6 cm³/mol. The molecule has 1 unspecified atom stereocenters. The third kappa shape index (κ3) is 2.87. The number of carbonyl (C=O) groups excluding carboxylic acids is 1. The van der Waals surface area contributed by atoms with Crippen molar-refractivity contribution < 1.29 is 4.79 Å². The van der Waals surface area contributed by atoms with E-state index in [1.807, 2.05) is 6.07 Å². The van der Waals surface area contributed by atoms with E-state index in [-0.39, 0.29) is 5.91 Å². The monoisotopic (exact) mass is 304 g/mol. The zero-order chi connectivity index (χ0) is 14.8. The fourth-order valence-corrected chi connectivity index (χ4v) is 3.78. The second-order valence-corrected chi connectivity index (χ2v) is 6.57. The van der Waals surface area contributed by atoms with Gasteiger partial charge in [0.25, 0.3) is 5.91 Å². The Hall–Kier alpha value is -1.66. The van der Waals surface area contributed by atoms with E-state index in [1.54, 1.807) is 12.4 Å². The third-order valence-electron chi connectivity index (χ3n) is 4.06. The lowest BCUT2D eigenvalue weighted by molar-refractivity contribution is 0.0945. The molecule has 1 amide bonds. The van der Waals surface area contributed by atoms with E-state index < -0.39 is 0 Å². The average Bonchev–Trinajstić information content (AvgIpc) is 3.13. The average molecular weight is 304 g/mol. The van der Waals surface area contributed by atoms with Gasteiger partial charge in [0.2, 0.25) is 0 Å². The predicted octanol–water partition coefficient (Wildman–Crippen LogP) is 2.09. The number of fused-ring (bicyclic) bond motifs is 1. The first-order chi connectivity index (χ1) is 10.2. The van der Waals surface area contributed by atoms with Crippen molar-refractivity contribution in [1.29, 1.82) is 0 Å². The highest BCUT2D eigenvalue weighted by atomic mass is 32.1. The second-order valence-electron chi connectivity index (χ2n) is 5.52. The highest BCUT2D eigenvalue weighted by Crippen LogP contribution is 2.32. The van der Waals surface area contributed by atoms with Crippen LogP contribution >= 0.6 is 11.3 Å². The molecule has 1 aliphatic heterocycles. The van der Waals surface area contributed by atoms with Gasteiger partial charge < -0.3 is 11.1 Å². The Kier molecular flexibility index (Phi) is 4.07. The molecule has 0 saturated carbocycles. The Labute approximate surface area is 128 Å². The van der Waals surface area contributed by atoms with E-state index in [1.165, 1.54) is 24.2 Å². The molecule has 6 heteroatoms. The molecule has 1 atom stereocenters. The summed E-state index contributed by atoms with van der Waals surface area (Å²) in [6.45, 7) is 5.08. The highest BCUT2D eigenvalue weighted by molar-refractivity contribution is 7.21. The highest BCUT2D eigenvalue weighted by Gasteiger charge is 2.20. The fraction of sp³-hybridized carbons (Fsp3) is 0.467. The number of hydrogen-bond donors (Lipinski definition) is 2. The molecule has 3 rings (SSSR count). The lowest BCUT2D eigenvalue weighted by atomic mass is 10.2. The van der Waals surface area contributed by atoms with Crippen molar-refractivity contribution in [1.82, 2.24) is 15.2 Å². The number of rotatable bonds is 4. The number of nitrogens with one attached hydrogen (secondary N) is 1. The number of aromatic nitrogens is 1. The molecule has 5 nitrogen and oxygen atoms in total. The van der Waals surface area contributed by atoms with Gasteiger partial charge in [-0.3, -0.25) is 14.7 Å². The number of pyridine rings is 1. The summed E-state index contributed by atoms with van der Waals surface area (Å²) in [6, 6.07) is 2.22. The van der Waals surface area contributed by atoms with Gasteiger partial charge in [0.15, 0.2) is 0 Å². The second kappa shape index (κ2) is 5.99. The van der Waals surface area contributed by atoms with Gasteiger partial charge in [0.05, 0.1) is 10.4 Å². The van der Waals surface area contributed by atoms with Crippen LogP contribution in [0.15, 0.2) is 18.5 Å². The van der Waals surface area contributed by atoms with Gasteiger partial charge in [-0.2, -0.15) is 0 Å². The van der Waals surface area contributed by atoms with Crippen molar-refractivity contribution in [3.8, 4) is 0 Å². The minimum absolute atomic E-state index is 0.0836. The minimum Gasteiger partial charge on any atom is -0.397 e. The van der Waals surface area contributed by atoms with E-state index in [2.05, 4.69) is 22.1 Å². The zero-order valence-electron chi connectivity index (χ0n) is 12.1. The normalized spacial score (nSPS) is 17.2. The first kappa shape index (κ1) is 14.3. The van der Waals surface area contributed by atoms with Gasteiger partial charge in [0.1, 0.15) is 4.88 Å². The number of carbonyl (C=O) groups is 1. The van der Waals surface area contributed by atoms with Crippen molar-refractivity contribution in [3.63, 3.8) is 0 Å². The number of amides is 1. The van der Waals surface area contributed by atoms with Crippen molar-refractivity contribution in [3.05, 3.63) is 23.3 Å². The van der Waals surface area contributed by atoms with Crippen LogP contribution in [0.5, 0.6) is 0 Å². The van der Waals surface area contributed by atoms with E-state index in [0.717, 1.165) is 23.2 Å². The van der Waals surface area contributed by atoms with Crippen LogP contribution < -0.4 is 11.1 Å². The minimum atomic E-state index is -0.0836. The van der Waals surface area contributed by atoms with Crippen LogP contribution in [-0.2, 0) is 0 Å². The Morgan fingerprint density at radius 3 is 3.00 bits per heavy atom. The number of nitrogen functional groups attached to an aromatic ring is 1. The molecule has 2 aromatic heterocycles. The smallest absolute Gasteiger partial charge is 0.263 e. The van der Waals surface area contributed by atoms with Gasteiger partial charge in [-0.05, 0) is 38.9 Å². The fourth-order valence-electron chi connectivity index (χ4n) is 2.77. The first-order valence-corrected chi connectivity index (χ1v) is 8.12. The molecular formula is C15H20N4OS. The number of anilines is 1.